The molecule has 2 N–H and O–H groups in total. The molecule has 0 amide bonds. The molecule has 0 aliphatic carbocycles. The lowest BCUT2D eigenvalue weighted by Crippen LogP contribution is -2.21. The Labute approximate surface area is 125 Å². The van der Waals surface area contributed by atoms with Gasteiger partial charge in [0, 0.05) is 11.6 Å². The summed E-state index contributed by atoms with van der Waals surface area (Å²) < 4.78 is 19.3. The second-order valence-electron chi connectivity index (χ2n) is 6.20. The number of rotatable bonds is 3. The quantitative estimate of drug-likeness (QED) is 0.919. The largest absolute Gasteiger partial charge is 0.497 e. The second-order valence-corrected chi connectivity index (χ2v) is 6.20. The van der Waals surface area contributed by atoms with Crippen LogP contribution in [0.4, 0.5) is 4.39 Å². The van der Waals surface area contributed by atoms with Crippen molar-refractivity contribution < 1.29 is 9.13 Å². The molecule has 3 heteroatoms. The molecule has 1 unspecified atom stereocenters. The van der Waals surface area contributed by atoms with Crippen LogP contribution in [-0.4, -0.2) is 7.11 Å². The minimum atomic E-state index is -0.494. The summed E-state index contributed by atoms with van der Waals surface area (Å²) in [5, 5.41) is 0. The first-order valence-corrected chi connectivity index (χ1v) is 7.03. The highest BCUT2D eigenvalue weighted by Crippen LogP contribution is 2.33. The molecule has 21 heavy (non-hydrogen) atoms. The first-order valence-electron chi connectivity index (χ1n) is 7.03. The first-order chi connectivity index (χ1) is 9.84. The molecule has 112 valence electrons. The van der Waals surface area contributed by atoms with Gasteiger partial charge in [0.2, 0.25) is 0 Å². The van der Waals surface area contributed by atoms with Crippen LogP contribution in [0.15, 0.2) is 42.5 Å². The average molecular weight is 287 g/mol. The number of ether oxygens (including phenoxy) is 1. The average Bonchev–Trinajstić information content (AvgIpc) is 2.45. The van der Waals surface area contributed by atoms with Gasteiger partial charge in [0.05, 0.1) is 13.2 Å². The molecule has 0 saturated heterocycles. The monoisotopic (exact) mass is 287 g/mol. The Morgan fingerprint density at radius 2 is 1.71 bits per heavy atom. The van der Waals surface area contributed by atoms with Gasteiger partial charge in [0.25, 0.3) is 0 Å². The summed E-state index contributed by atoms with van der Waals surface area (Å²) in [6.45, 7) is 6.38. The van der Waals surface area contributed by atoms with Crippen LogP contribution in [0.1, 0.15) is 43.5 Å². The molecule has 2 aromatic carbocycles. The standard InChI is InChI=1S/C18H22FNO/c1-18(2,3)15-8-6-5-7-13(15)17(20)14-10-9-12(21-4)11-16(14)19/h5-11,17H,20H2,1-4H3. The van der Waals surface area contributed by atoms with E-state index < -0.39 is 6.04 Å². The predicted octanol–water partition coefficient (Wildman–Crippen LogP) is 4.18. The van der Waals surface area contributed by atoms with Gasteiger partial charge in [-0.1, -0.05) is 51.1 Å². The molecule has 0 saturated carbocycles. The second kappa shape index (κ2) is 5.86. The Hall–Kier alpha value is -1.87. The topological polar surface area (TPSA) is 35.2 Å². The van der Waals surface area contributed by atoms with Crippen molar-refractivity contribution in [2.45, 2.75) is 32.2 Å². The van der Waals surface area contributed by atoms with E-state index >= 15 is 0 Å². The molecule has 0 aliphatic rings. The SMILES string of the molecule is COc1ccc(C(N)c2ccccc2C(C)(C)C)c(F)c1. The summed E-state index contributed by atoms with van der Waals surface area (Å²) in [7, 11) is 1.52. The van der Waals surface area contributed by atoms with Crippen molar-refractivity contribution in [2.75, 3.05) is 7.11 Å². The summed E-state index contributed by atoms with van der Waals surface area (Å²) in [5.41, 5.74) is 8.85. The molecule has 0 aromatic heterocycles. The maximum Gasteiger partial charge on any atom is 0.132 e. The van der Waals surface area contributed by atoms with Crippen LogP contribution in [0.2, 0.25) is 0 Å². The minimum Gasteiger partial charge on any atom is -0.497 e. The summed E-state index contributed by atoms with van der Waals surface area (Å²) >= 11 is 0. The lowest BCUT2D eigenvalue weighted by Gasteiger charge is -2.26. The highest BCUT2D eigenvalue weighted by atomic mass is 19.1. The van der Waals surface area contributed by atoms with E-state index in [1.807, 2.05) is 18.2 Å². The van der Waals surface area contributed by atoms with E-state index in [-0.39, 0.29) is 11.2 Å². The van der Waals surface area contributed by atoms with E-state index in [2.05, 4.69) is 26.8 Å². The van der Waals surface area contributed by atoms with E-state index in [1.165, 1.54) is 13.2 Å². The number of halogens is 1. The Balaban J connectivity index is 2.48. The van der Waals surface area contributed by atoms with Crippen molar-refractivity contribution in [1.29, 1.82) is 0 Å². The van der Waals surface area contributed by atoms with Crippen molar-refractivity contribution in [1.82, 2.24) is 0 Å². The van der Waals surface area contributed by atoms with Gasteiger partial charge in [0.15, 0.2) is 0 Å². The third-order valence-electron chi connectivity index (χ3n) is 3.65. The highest BCUT2D eigenvalue weighted by molar-refractivity contribution is 5.42. The molecule has 0 radical (unpaired) electrons. The van der Waals surface area contributed by atoms with Crippen LogP contribution >= 0.6 is 0 Å². The van der Waals surface area contributed by atoms with E-state index in [1.54, 1.807) is 12.1 Å². The fraction of sp³-hybridized carbons (Fsp3) is 0.333. The number of hydrogen-bond donors (Lipinski definition) is 1. The highest BCUT2D eigenvalue weighted by Gasteiger charge is 2.23. The van der Waals surface area contributed by atoms with E-state index in [0.29, 0.717) is 11.3 Å². The fourth-order valence-corrected chi connectivity index (χ4v) is 2.51. The molecule has 0 bridgehead atoms. The lowest BCUT2D eigenvalue weighted by molar-refractivity contribution is 0.410. The third kappa shape index (κ3) is 3.24. The van der Waals surface area contributed by atoms with Gasteiger partial charge < -0.3 is 10.5 Å². The number of hydrogen-bond acceptors (Lipinski definition) is 2. The molecule has 2 aromatic rings. The minimum absolute atomic E-state index is 0.0445. The predicted molar refractivity (Wildman–Crippen MR) is 84.1 cm³/mol. The van der Waals surface area contributed by atoms with E-state index in [0.717, 1.165) is 11.1 Å². The summed E-state index contributed by atoms with van der Waals surface area (Å²) in [6, 6.07) is 12.2. The van der Waals surface area contributed by atoms with Crippen molar-refractivity contribution in [2.24, 2.45) is 5.73 Å². The summed E-state index contributed by atoms with van der Waals surface area (Å²) in [5.74, 6) is 0.151. The van der Waals surface area contributed by atoms with Gasteiger partial charge in [-0.3, -0.25) is 0 Å². The summed E-state index contributed by atoms with van der Waals surface area (Å²) in [6.07, 6.45) is 0. The van der Waals surface area contributed by atoms with Crippen LogP contribution < -0.4 is 10.5 Å². The third-order valence-corrected chi connectivity index (χ3v) is 3.65. The van der Waals surface area contributed by atoms with E-state index in [9.17, 15) is 4.39 Å². The molecule has 1 atom stereocenters. The maximum absolute atomic E-state index is 14.2. The molecule has 0 aliphatic heterocycles. The number of methoxy groups -OCH3 is 1. The van der Waals surface area contributed by atoms with Crippen LogP contribution in [-0.2, 0) is 5.41 Å². The molecular formula is C18H22FNO. The van der Waals surface area contributed by atoms with Crippen molar-refractivity contribution >= 4 is 0 Å². The van der Waals surface area contributed by atoms with Gasteiger partial charge in [-0.2, -0.15) is 0 Å². The van der Waals surface area contributed by atoms with Crippen LogP contribution in [0.25, 0.3) is 0 Å². The van der Waals surface area contributed by atoms with Gasteiger partial charge in [0.1, 0.15) is 11.6 Å². The zero-order chi connectivity index (χ0) is 15.6. The lowest BCUT2D eigenvalue weighted by atomic mass is 9.81. The smallest absolute Gasteiger partial charge is 0.132 e. The molecular weight excluding hydrogens is 265 g/mol. The number of nitrogens with two attached hydrogens (primary N) is 1. The Kier molecular flexibility index (Phi) is 4.33. The number of benzene rings is 2. The van der Waals surface area contributed by atoms with Gasteiger partial charge in [-0.25, -0.2) is 4.39 Å². The van der Waals surface area contributed by atoms with E-state index in [4.69, 9.17) is 10.5 Å². The molecule has 0 fully saturated rings. The fourth-order valence-electron chi connectivity index (χ4n) is 2.51. The first kappa shape index (κ1) is 15.5. The molecule has 2 nitrogen and oxygen atoms in total. The van der Waals surface area contributed by atoms with Gasteiger partial charge >= 0.3 is 0 Å². The maximum atomic E-state index is 14.2. The molecule has 0 spiro atoms. The van der Waals surface area contributed by atoms with Gasteiger partial charge in [-0.05, 0) is 22.6 Å². The van der Waals surface area contributed by atoms with Crippen molar-refractivity contribution in [3.63, 3.8) is 0 Å². The van der Waals surface area contributed by atoms with Crippen molar-refractivity contribution in [3.05, 3.63) is 65.0 Å². The zero-order valence-corrected chi connectivity index (χ0v) is 13.0. The molecule has 0 heterocycles. The van der Waals surface area contributed by atoms with Crippen LogP contribution in [0.3, 0.4) is 0 Å². The zero-order valence-electron chi connectivity index (χ0n) is 13.0. The Morgan fingerprint density at radius 3 is 2.29 bits per heavy atom. The summed E-state index contributed by atoms with van der Waals surface area (Å²) in [4.78, 5) is 0. The van der Waals surface area contributed by atoms with Crippen LogP contribution in [0.5, 0.6) is 5.75 Å². The Morgan fingerprint density at radius 1 is 1.05 bits per heavy atom. The Bertz CT molecular complexity index is 631. The molecule has 2 rings (SSSR count). The van der Waals surface area contributed by atoms with Crippen LogP contribution in [0, 0.1) is 5.82 Å². The normalized spacial score (nSPS) is 13.0. The van der Waals surface area contributed by atoms with Gasteiger partial charge in [-0.15, -0.1) is 0 Å². The van der Waals surface area contributed by atoms with Crippen molar-refractivity contribution in [3.8, 4) is 5.75 Å².